The Morgan fingerprint density at radius 3 is 2.19 bits per heavy atom. The number of rotatable bonds is 2. The van der Waals surface area contributed by atoms with Crippen molar-refractivity contribution in [3.8, 4) is 17.6 Å². The second-order valence-corrected chi connectivity index (χ2v) is 2.83. The lowest BCUT2D eigenvalue weighted by atomic mass is 10.1. The third-order valence-corrected chi connectivity index (χ3v) is 1.95. The Labute approximate surface area is 90.0 Å². The summed E-state index contributed by atoms with van der Waals surface area (Å²) in [4.78, 5) is 0. The van der Waals surface area contributed by atoms with Gasteiger partial charge in [-0.15, -0.1) is 0 Å². The van der Waals surface area contributed by atoms with E-state index in [1.165, 1.54) is 19.2 Å². The maximum atomic E-state index is 12.7. The van der Waals surface area contributed by atoms with Gasteiger partial charge in [0.2, 0.25) is 0 Å². The van der Waals surface area contributed by atoms with Crippen molar-refractivity contribution in [2.45, 2.75) is 6.18 Å². The molecule has 86 valence electrons. The van der Waals surface area contributed by atoms with E-state index >= 15 is 0 Å². The van der Waals surface area contributed by atoms with E-state index in [1.807, 2.05) is 0 Å². The number of alkyl halides is 3. The fraction of sp³-hybridized carbons (Fsp3) is 0.300. The van der Waals surface area contributed by atoms with Crippen molar-refractivity contribution in [3.05, 3.63) is 23.3 Å². The molecule has 0 aromatic heterocycles. The molecule has 0 aliphatic heterocycles. The van der Waals surface area contributed by atoms with Gasteiger partial charge in [0.05, 0.1) is 25.9 Å². The van der Waals surface area contributed by atoms with Gasteiger partial charge in [-0.2, -0.15) is 18.4 Å². The van der Waals surface area contributed by atoms with E-state index in [0.29, 0.717) is 0 Å². The highest BCUT2D eigenvalue weighted by Gasteiger charge is 2.38. The molecule has 0 N–H and O–H groups in total. The SMILES string of the molecule is COc1ccc(C#N)c(C(F)(F)F)c1OC. The van der Waals surface area contributed by atoms with Crippen LogP contribution in [0.2, 0.25) is 0 Å². The molecule has 0 saturated heterocycles. The number of hydrogen-bond acceptors (Lipinski definition) is 3. The Bertz CT molecular complexity index is 435. The molecule has 1 aromatic carbocycles. The van der Waals surface area contributed by atoms with E-state index in [0.717, 1.165) is 13.2 Å². The first-order valence-electron chi connectivity index (χ1n) is 4.18. The molecule has 1 rings (SSSR count). The summed E-state index contributed by atoms with van der Waals surface area (Å²) in [5.41, 5.74) is -1.61. The number of nitrogens with zero attached hydrogens (tertiary/aromatic N) is 1. The van der Waals surface area contributed by atoms with Crippen LogP contribution >= 0.6 is 0 Å². The first-order valence-corrected chi connectivity index (χ1v) is 4.18. The fourth-order valence-electron chi connectivity index (χ4n) is 1.30. The molecule has 0 radical (unpaired) electrons. The molecule has 0 fully saturated rings. The van der Waals surface area contributed by atoms with Crippen molar-refractivity contribution in [2.75, 3.05) is 14.2 Å². The molecule has 0 unspecified atom stereocenters. The molecule has 0 amide bonds. The maximum absolute atomic E-state index is 12.7. The summed E-state index contributed by atoms with van der Waals surface area (Å²) < 4.78 is 47.5. The van der Waals surface area contributed by atoms with Crippen LogP contribution in [0.4, 0.5) is 13.2 Å². The maximum Gasteiger partial charge on any atom is 0.421 e. The van der Waals surface area contributed by atoms with E-state index in [-0.39, 0.29) is 5.75 Å². The quantitative estimate of drug-likeness (QED) is 0.785. The normalized spacial score (nSPS) is 10.8. The summed E-state index contributed by atoms with van der Waals surface area (Å²) in [6, 6.07) is 3.77. The minimum atomic E-state index is -4.66. The summed E-state index contributed by atoms with van der Waals surface area (Å²) in [7, 11) is 2.32. The van der Waals surface area contributed by atoms with Crippen molar-refractivity contribution < 1.29 is 22.6 Å². The zero-order chi connectivity index (χ0) is 12.3. The van der Waals surface area contributed by atoms with Gasteiger partial charge < -0.3 is 9.47 Å². The van der Waals surface area contributed by atoms with Crippen LogP contribution in [-0.4, -0.2) is 14.2 Å². The Hall–Kier alpha value is -1.90. The summed E-state index contributed by atoms with van der Waals surface area (Å²) >= 11 is 0. The fourth-order valence-corrected chi connectivity index (χ4v) is 1.30. The Morgan fingerprint density at radius 2 is 1.81 bits per heavy atom. The van der Waals surface area contributed by atoms with Gasteiger partial charge in [-0.05, 0) is 12.1 Å². The molecule has 16 heavy (non-hydrogen) atoms. The van der Waals surface area contributed by atoms with E-state index < -0.39 is 23.1 Å². The number of halogens is 3. The molecule has 0 aliphatic rings. The lowest BCUT2D eigenvalue weighted by molar-refractivity contribution is -0.139. The Balaban J connectivity index is 3.58. The summed E-state index contributed by atoms with van der Waals surface area (Å²) in [6.07, 6.45) is -4.66. The summed E-state index contributed by atoms with van der Waals surface area (Å²) in [5, 5.41) is 8.62. The third-order valence-electron chi connectivity index (χ3n) is 1.95. The van der Waals surface area contributed by atoms with E-state index in [4.69, 9.17) is 10.00 Å². The molecule has 0 spiro atoms. The van der Waals surface area contributed by atoms with Gasteiger partial charge in [-0.25, -0.2) is 0 Å². The van der Waals surface area contributed by atoms with Crippen LogP contribution in [0.15, 0.2) is 12.1 Å². The van der Waals surface area contributed by atoms with Crippen LogP contribution < -0.4 is 9.47 Å². The van der Waals surface area contributed by atoms with Gasteiger partial charge in [-0.3, -0.25) is 0 Å². The van der Waals surface area contributed by atoms with E-state index in [2.05, 4.69) is 4.74 Å². The number of ether oxygens (including phenoxy) is 2. The van der Waals surface area contributed by atoms with Gasteiger partial charge in [0.15, 0.2) is 11.5 Å². The summed E-state index contributed by atoms with van der Waals surface area (Å²) in [6.45, 7) is 0. The number of benzene rings is 1. The minimum Gasteiger partial charge on any atom is -0.493 e. The topological polar surface area (TPSA) is 42.2 Å². The molecule has 0 aliphatic carbocycles. The molecule has 3 nitrogen and oxygen atoms in total. The Kier molecular flexibility index (Phi) is 3.28. The predicted molar refractivity (Wildman–Crippen MR) is 49.3 cm³/mol. The number of hydrogen-bond donors (Lipinski definition) is 0. The minimum absolute atomic E-state index is 0.0613. The first-order chi connectivity index (χ1) is 7.45. The van der Waals surface area contributed by atoms with Crippen molar-refractivity contribution in [1.82, 2.24) is 0 Å². The van der Waals surface area contributed by atoms with Crippen LogP contribution in [-0.2, 0) is 6.18 Å². The highest BCUT2D eigenvalue weighted by atomic mass is 19.4. The Morgan fingerprint density at radius 1 is 1.19 bits per heavy atom. The van der Waals surface area contributed by atoms with Crippen LogP contribution in [0.25, 0.3) is 0 Å². The number of methoxy groups -OCH3 is 2. The molecule has 0 atom stereocenters. The van der Waals surface area contributed by atoms with E-state index in [9.17, 15) is 13.2 Å². The number of nitriles is 1. The van der Waals surface area contributed by atoms with Crippen molar-refractivity contribution in [1.29, 1.82) is 5.26 Å². The lowest BCUT2D eigenvalue weighted by Crippen LogP contribution is -2.11. The molecular weight excluding hydrogens is 223 g/mol. The summed E-state index contributed by atoms with van der Waals surface area (Å²) in [5.74, 6) is -0.539. The van der Waals surface area contributed by atoms with Crippen LogP contribution in [0.5, 0.6) is 11.5 Å². The van der Waals surface area contributed by atoms with Crippen LogP contribution in [0.3, 0.4) is 0 Å². The zero-order valence-corrected chi connectivity index (χ0v) is 8.55. The first kappa shape index (κ1) is 12.2. The molecule has 0 heterocycles. The molecule has 1 aromatic rings. The largest absolute Gasteiger partial charge is 0.493 e. The van der Waals surface area contributed by atoms with Crippen molar-refractivity contribution in [3.63, 3.8) is 0 Å². The molecule has 0 bridgehead atoms. The predicted octanol–water partition coefficient (Wildman–Crippen LogP) is 2.59. The molecular formula is C10H8F3NO2. The van der Waals surface area contributed by atoms with Crippen molar-refractivity contribution >= 4 is 0 Å². The third kappa shape index (κ3) is 2.03. The second kappa shape index (κ2) is 4.31. The second-order valence-electron chi connectivity index (χ2n) is 2.83. The molecule has 6 heteroatoms. The van der Waals surface area contributed by atoms with Gasteiger partial charge in [0.25, 0.3) is 0 Å². The van der Waals surface area contributed by atoms with E-state index in [1.54, 1.807) is 0 Å². The van der Waals surface area contributed by atoms with Gasteiger partial charge in [-0.1, -0.05) is 0 Å². The smallest absolute Gasteiger partial charge is 0.421 e. The average molecular weight is 231 g/mol. The van der Waals surface area contributed by atoms with Crippen molar-refractivity contribution in [2.24, 2.45) is 0 Å². The highest BCUT2D eigenvalue weighted by Crippen LogP contribution is 2.43. The van der Waals surface area contributed by atoms with Crippen LogP contribution in [0.1, 0.15) is 11.1 Å². The lowest BCUT2D eigenvalue weighted by Gasteiger charge is -2.15. The zero-order valence-electron chi connectivity index (χ0n) is 8.55. The average Bonchev–Trinajstić information content (AvgIpc) is 2.25. The van der Waals surface area contributed by atoms with Gasteiger partial charge >= 0.3 is 6.18 Å². The molecule has 0 saturated carbocycles. The highest BCUT2D eigenvalue weighted by molar-refractivity contribution is 5.56. The van der Waals surface area contributed by atoms with Crippen LogP contribution in [0, 0.1) is 11.3 Å². The van der Waals surface area contributed by atoms with Gasteiger partial charge in [0.1, 0.15) is 5.56 Å². The standard InChI is InChI=1S/C10H8F3NO2/c1-15-7-4-3-6(5-14)8(9(7)16-2)10(11,12)13/h3-4H,1-2H3. The van der Waals surface area contributed by atoms with Gasteiger partial charge in [0, 0.05) is 0 Å². The monoisotopic (exact) mass is 231 g/mol.